The lowest BCUT2D eigenvalue weighted by Crippen LogP contribution is -2.44. The van der Waals surface area contributed by atoms with Gasteiger partial charge >= 0.3 is 12.0 Å². The van der Waals surface area contributed by atoms with Gasteiger partial charge in [-0.2, -0.15) is 16.7 Å². The second kappa shape index (κ2) is 9.28. The van der Waals surface area contributed by atoms with Gasteiger partial charge in [0.1, 0.15) is 6.04 Å². The van der Waals surface area contributed by atoms with Gasteiger partial charge in [-0.1, -0.05) is 16.8 Å². The first-order valence-corrected chi connectivity index (χ1v) is 9.07. The normalized spacial score (nSPS) is 11.8. The smallest absolute Gasteiger partial charge is 0.329 e. The van der Waals surface area contributed by atoms with Crippen LogP contribution in [0.15, 0.2) is 28.8 Å². The molecule has 1 atom stereocenters. The summed E-state index contributed by atoms with van der Waals surface area (Å²) in [6, 6.07) is 5.31. The van der Waals surface area contributed by atoms with Crippen molar-refractivity contribution < 1.29 is 18.8 Å². The van der Waals surface area contributed by atoms with E-state index in [1.807, 2.05) is 6.26 Å². The molecule has 10 heteroatoms. The van der Waals surface area contributed by atoms with E-state index in [1.165, 1.54) is 0 Å². The van der Waals surface area contributed by atoms with E-state index < -0.39 is 18.0 Å². The number of hydrogen-bond acceptors (Lipinski definition) is 7. The summed E-state index contributed by atoms with van der Waals surface area (Å²) in [5.74, 6) is 0.554. The molecular formula is C15H17ClN4O4S. The van der Waals surface area contributed by atoms with Crippen molar-refractivity contribution in [3.8, 4) is 11.4 Å². The number of carbonyl (C=O) groups excluding carboxylic acids is 2. The predicted octanol–water partition coefficient (Wildman–Crippen LogP) is 2.22. The quantitative estimate of drug-likeness (QED) is 0.669. The highest BCUT2D eigenvalue weighted by Crippen LogP contribution is 2.18. The van der Waals surface area contributed by atoms with E-state index in [0.717, 1.165) is 5.56 Å². The number of nitrogens with zero attached hydrogens (tertiary/aromatic N) is 2. The Morgan fingerprint density at radius 2 is 2.12 bits per heavy atom. The molecule has 0 saturated carbocycles. The van der Waals surface area contributed by atoms with Crippen LogP contribution in [0.2, 0.25) is 5.02 Å². The average Bonchev–Trinajstić information content (AvgIpc) is 3.05. The molecule has 0 spiro atoms. The molecule has 25 heavy (non-hydrogen) atoms. The minimum absolute atomic E-state index is 0.140. The van der Waals surface area contributed by atoms with Gasteiger partial charge in [-0.05, 0) is 42.7 Å². The molecule has 2 rings (SSSR count). The molecular weight excluding hydrogens is 368 g/mol. The standard InChI is InChI=1S/C15H17ClN4O4S/c1-25-7-6-11(18-15(17)22)14(21)23-8-12-19-13(20-24-12)9-2-4-10(16)5-3-9/h2-5,11H,6-8H2,1H3,(H3,17,18,22)/t11-/m1/s1. The van der Waals surface area contributed by atoms with Crippen molar-refractivity contribution in [3.05, 3.63) is 35.2 Å². The third-order valence-electron chi connectivity index (χ3n) is 3.12. The number of aromatic nitrogens is 2. The Kier molecular flexibility index (Phi) is 7.08. The van der Waals surface area contributed by atoms with E-state index >= 15 is 0 Å². The third-order valence-corrected chi connectivity index (χ3v) is 4.02. The van der Waals surface area contributed by atoms with E-state index in [1.54, 1.807) is 36.0 Å². The molecule has 0 unspecified atom stereocenters. The van der Waals surface area contributed by atoms with Crippen molar-refractivity contribution in [3.63, 3.8) is 0 Å². The van der Waals surface area contributed by atoms with Crippen LogP contribution in [0, 0.1) is 0 Å². The lowest BCUT2D eigenvalue weighted by Gasteiger charge is -2.15. The van der Waals surface area contributed by atoms with E-state index in [0.29, 0.717) is 23.0 Å². The van der Waals surface area contributed by atoms with E-state index in [9.17, 15) is 9.59 Å². The van der Waals surface area contributed by atoms with Crippen LogP contribution in [0.25, 0.3) is 11.4 Å². The summed E-state index contributed by atoms with van der Waals surface area (Å²) in [4.78, 5) is 27.2. The van der Waals surface area contributed by atoms with Crippen LogP contribution in [0.4, 0.5) is 4.79 Å². The van der Waals surface area contributed by atoms with E-state index in [-0.39, 0.29) is 12.5 Å². The van der Waals surface area contributed by atoms with Crippen molar-refractivity contribution in [2.75, 3.05) is 12.0 Å². The first-order valence-electron chi connectivity index (χ1n) is 7.29. The molecule has 134 valence electrons. The number of nitrogens with one attached hydrogen (secondary N) is 1. The van der Waals surface area contributed by atoms with Gasteiger partial charge in [0, 0.05) is 10.6 Å². The summed E-state index contributed by atoms with van der Waals surface area (Å²) in [5.41, 5.74) is 5.79. The molecule has 0 bridgehead atoms. The minimum atomic E-state index is -0.816. The van der Waals surface area contributed by atoms with Crippen molar-refractivity contribution >= 4 is 35.4 Å². The van der Waals surface area contributed by atoms with Crippen LogP contribution in [-0.2, 0) is 16.1 Å². The Bertz CT molecular complexity index is 723. The highest BCUT2D eigenvalue weighted by Gasteiger charge is 2.22. The van der Waals surface area contributed by atoms with Crippen LogP contribution in [-0.4, -0.2) is 40.2 Å². The summed E-state index contributed by atoms with van der Waals surface area (Å²) in [6.07, 6.45) is 2.30. The van der Waals surface area contributed by atoms with Crippen molar-refractivity contribution in [1.29, 1.82) is 0 Å². The number of halogens is 1. The average molecular weight is 385 g/mol. The molecule has 1 aromatic carbocycles. The number of hydrogen-bond donors (Lipinski definition) is 2. The van der Waals surface area contributed by atoms with Crippen molar-refractivity contribution in [1.82, 2.24) is 15.5 Å². The summed E-state index contributed by atoms with van der Waals surface area (Å²) in [7, 11) is 0. The van der Waals surface area contributed by atoms with Crippen LogP contribution in [0.1, 0.15) is 12.3 Å². The fourth-order valence-corrected chi connectivity index (χ4v) is 2.52. The number of thioether (sulfide) groups is 1. The first kappa shape index (κ1) is 19.1. The zero-order valence-electron chi connectivity index (χ0n) is 13.4. The second-order valence-corrected chi connectivity index (χ2v) is 6.39. The minimum Gasteiger partial charge on any atom is -0.454 e. The molecule has 0 fully saturated rings. The van der Waals surface area contributed by atoms with Crippen molar-refractivity contribution in [2.45, 2.75) is 19.1 Å². The van der Waals surface area contributed by atoms with Gasteiger partial charge in [0.15, 0.2) is 6.61 Å². The number of esters is 1. The van der Waals surface area contributed by atoms with E-state index in [2.05, 4.69) is 15.5 Å². The molecule has 0 aliphatic heterocycles. The van der Waals surface area contributed by atoms with Crippen LogP contribution in [0.3, 0.4) is 0 Å². The molecule has 0 saturated heterocycles. The maximum absolute atomic E-state index is 12.1. The van der Waals surface area contributed by atoms with Crippen LogP contribution < -0.4 is 11.1 Å². The summed E-state index contributed by atoms with van der Waals surface area (Å²) in [6.45, 7) is -0.199. The number of amides is 2. The molecule has 1 aromatic heterocycles. The Labute approximate surface area is 153 Å². The number of carbonyl (C=O) groups is 2. The highest BCUT2D eigenvalue weighted by atomic mass is 35.5. The molecule has 0 aliphatic rings. The number of nitrogens with two attached hydrogens (primary N) is 1. The summed E-state index contributed by atoms with van der Waals surface area (Å²) < 4.78 is 10.2. The molecule has 0 radical (unpaired) electrons. The van der Waals surface area contributed by atoms with Gasteiger partial charge in [0.2, 0.25) is 5.82 Å². The molecule has 2 amide bonds. The van der Waals surface area contributed by atoms with Crippen molar-refractivity contribution in [2.24, 2.45) is 5.73 Å². The number of primary amides is 1. The fourth-order valence-electron chi connectivity index (χ4n) is 1.92. The van der Waals surface area contributed by atoms with Gasteiger partial charge in [0.25, 0.3) is 5.89 Å². The number of benzene rings is 1. The topological polar surface area (TPSA) is 120 Å². The SMILES string of the molecule is CSCC[C@@H](NC(N)=O)C(=O)OCc1nc(-c2ccc(Cl)cc2)no1. The van der Waals surface area contributed by atoms with E-state index in [4.69, 9.17) is 26.6 Å². The Morgan fingerprint density at radius 3 is 2.76 bits per heavy atom. The molecule has 3 N–H and O–H groups in total. The third kappa shape index (κ3) is 5.95. The van der Waals surface area contributed by atoms with Gasteiger partial charge in [-0.25, -0.2) is 9.59 Å². The van der Waals surface area contributed by atoms with Gasteiger partial charge in [0.05, 0.1) is 0 Å². The maximum atomic E-state index is 12.1. The second-order valence-electron chi connectivity index (χ2n) is 4.97. The van der Waals surface area contributed by atoms with Gasteiger partial charge in [-0.15, -0.1) is 0 Å². The lowest BCUT2D eigenvalue weighted by molar-refractivity contribution is -0.148. The number of ether oxygens (including phenoxy) is 1. The lowest BCUT2D eigenvalue weighted by atomic mass is 10.2. The number of urea groups is 1. The van der Waals surface area contributed by atoms with Gasteiger partial charge in [-0.3, -0.25) is 0 Å². The zero-order chi connectivity index (χ0) is 18.2. The monoisotopic (exact) mass is 384 g/mol. The number of rotatable bonds is 8. The Hall–Kier alpha value is -2.26. The summed E-state index contributed by atoms with van der Waals surface area (Å²) >= 11 is 7.37. The Morgan fingerprint density at radius 1 is 1.40 bits per heavy atom. The maximum Gasteiger partial charge on any atom is 0.329 e. The first-order chi connectivity index (χ1) is 12.0. The molecule has 8 nitrogen and oxygen atoms in total. The Balaban J connectivity index is 1.94. The highest BCUT2D eigenvalue weighted by molar-refractivity contribution is 7.98. The van der Waals surface area contributed by atoms with Gasteiger partial charge < -0.3 is 20.3 Å². The molecule has 0 aliphatic carbocycles. The molecule has 1 heterocycles. The van der Waals surface area contributed by atoms with Crippen LogP contribution >= 0.6 is 23.4 Å². The summed E-state index contributed by atoms with van der Waals surface area (Å²) in [5, 5.41) is 6.78. The fraction of sp³-hybridized carbons (Fsp3) is 0.333. The van der Waals surface area contributed by atoms with Crippen LogP contribution in [0.5, 0.6) is 0 Å². The predicted molar refractivity (Wildman–Crippen MR) is 94.0 cm³/mol. The largest absolute Gasteiger partial charge is 0.454 e. The zero-order valence-corrected chi connectivity index (χ0v) is 15.0. The molecule has 2 aromatic rings.